The molecule has 1 aromatic heterocycles. The van der Waals surface area contributed by atoms with E-state index in [-0.39, 0.29) is 11.4 Å². The number of ether oxygens (including phenoxy) is 1. The van der Waals surface area contributed by atoms with Crippen LogP contribution in [0.15, 0.2) is 41.5 Å². The number of para-hydroxylation sites is 1. The van der Waals surface area contributed by atoms with Crippen molar-refractivity contribution in [1.29, 1.82) is 0 Å². The van der Waals surface area contributed by atoms with Crippen molar-refractivity contribution < 1.29 is 9.13 Å². The van der Waals surface area contributed by atoms with Crippen molar-refractivity contribution >= 4 is 0 Å². The lowest BCUT2D eigenvalue weighted by Gasteiger charge is -2.31. The van der Waals surface area contributed by atoms with Crippen molar-refractivity contribution in [2.45, 2.75) is 25.8 Å². The van der Waals surface area contributed by atoms with Crippen LogP contribution >= 0.6 is 0 Å². The molecule has 6 heteroatoms. The average molecular weight is 331 g/mol. The Morgan fingerprint density at radius 2 is 2.08 bits per heavy atom. The van der Waals surface area contributed by atoms with E-state index < -0.39 is 0 Å². The van der Waals surface area contributed by atoms with Crippen LogP contribution in [0.5, 0.6) is 5.75 Å². The fraction of sp³-hybridized carbons (Fsp3) is 0.444. The second-order valence-corrected chi connectivity index (χ2v) is 6.15. The van der Waals surface area contributed by atoms with E-state index in [1.54, 1.807) is 30.6 Å². The lowest BCUT2D eigenvalue weighted by atomic mass is 9.94. The number of aromatic nitrogens is 2. The van der Waals surface area contributed by atoms with E-state index in [1.165, 1.54) is 6.07 Å². The molecule has 1 N–H and O–H groups in total. The van der Waals surface area contributed by atoms with Crippen LogP contribution in [0.2, 0.25) is 0 Å². The first-order chi connectivity index (χ1) is 11.7. The molecule has 0 unspecified atom stereocenters. The summed E-state index contributed by atoms with van der Waals surface area (Å²) in [7, 11) is 0. The number of benzene rings is 1. The van der Waals surface area contributed by atoms with Gasteiger partial charge in [0.2, 0.25) is 0 Å². The number of likely N-dealkylation sites (tertiary alicyclic amines) is 1. The van der Waals surface area contributed by atoms with Gasteiger partial charge in [-0.3, -0.25) is 14.7 Å². The molecule has 0 radical (unpaired) electrons. The van der Waals surface area contributed by atoms with E-state index in [1.807, 2.05) is 0 Å². The third kappa shape index (κ3) is 4.41. The number of rotatable bonds is 6. The summed E-state index contributed by atoms with van der Waals surface area (Å²) in [6.07, 6.45) is 6.21. The molecule has 24 heavy (non-hydrogen) atoms. The zero-order valence-corrected chi connectivity index (χ0v) is 13.6. The molecule has 1 fully saturated rings. The number of piperidine rings is 1. The van der Waals surface area contributed by atoms with Crippen molar-refractivity contribution in [3.05, 3.63) is 58.5 Å². The standard InChI is InChI=1S/C18H22FN3O2/c19-15-3-1-2-4-17(15)24-12-7-14-5-10-22(11-6-14)13-16-18(23)21-9-8-20-16/h1-4,8-9,14H,5-7,10-13H2,(H,21,23). The zero-order chi connectivity index (χ0) is 16.8. The van der Waals surface area contributed by atoms with Gasteiger partial charge in [-0.25, -0.2) is 4.39 Å². The molecule has 128 valence electrons. The number of aromatic amines is 1. The van der Waals surface area contributed by atoms with Crippen LogP contribution in [0.4, 0.5) is 4.39 Å². The second-order valence-electron chi connectivity index (χ2n) is 6.15. The first-order valence-electron chi connectivity index (χ1n) is 8.34. The summed E-state index contributed by atoms with van der Waals surface area (Å²) < 4.78 is 19.0. The van der Waals surface area contributed by atoms with Gasteiger partial charge in [0.1, 0.15) is 5.69 Å². The van der Waals surface area contributed by atoms with Crippen LogP contribution in [0, 0.1) is 11.7 Å². The highest BCUT2D eigenvalue weighted by atomic mass is 19.1. The Labute approximate surface area is 140 Å². The SMILES string of the molecule is O=c1[nH]ccnc1CN1CCC(CCOc2ccccc2F)CC1. The topological polar surface area (TPSA) is 58.2 Å². The Hall–Kier alpha value is -2.21. The van der Waals surface area contributed by atoms with Crippen molar-refractivity contribution in [2.75, 3.05) is 19.7 Å². The molecule has 2 aromatic rings. The molecule has 5 nitrogen and oxygen atoms in total. The molecule has 1 aromatic carbocycles. The third-order valence-corrected chi connectivity index (χ3v) is 4.48. The molecule has 1 aliphatic heterocycles. The van der Waals surface area contributed by atoms with E-state index in [2.05, 4.69) is 14.9 Å². The molecule has 1 saturated heterocycles. The maximum atomic E-state index is 13.5. The van der Waals surface area contributed by atoms with Gasteiger partial charge in [0, 0.05) is 18.9 Å². The molecule has 0 bridgehead atoms. The fourth-order valence-corrected chi connectivity index (χ4v) is 3.04. The minimum Gasteiger partial charge on any atom is -0.491 e. The Morgan fingerprint density at radius 3 is 2.83 bits per heavy atom. The molecule has 3 rings (SSSR count). The molecule has 0 amide bonds. The van der Waals surface area contributed by atoms with Gasteiger partial charge in [-0.1, -0.05) is 12.1 Å². The Balaban J connectivity index is 1.40. The first-order valence-corrected chi connectivity index (χ1v) is 8.34. The van der Waals surface area contributed by atoms with Gasteiger partial charge in [0.05, 0.1) is 6.61 Å². The van der Waals surface area contributed by atoms with Crippen LogP contribution in [0.25, 0.3) is 0 Å². The minimum absolute atomic E-state index is 0.113. The number of nitrogens with zero attached hydrogens (tertiary/aromatic N) is 2. The molecule has 0 spiro atoms. The quantitative estimate of drug-likeness (QED) is 0.884. The number of halogens is 1. The molecular weight excluding hydrogens is 309 g/mol. The van der Waals surface area contributed by atoms with Crippen LogP contribution in [0.3, 0.4) is 0 Å². The predicted molar refractivity (Wildman–Crippen MR) is 89.4 cm³/mol. The van der Waals surface area contributed by atoms with E-state index >= 15 is 0 Å². The number of nitrogens with one attached hydrogen (secondary N) is 1. The highest BCUT2D eigenvalue weighted by molar-refractivity contribution is 5.23. The third-order valence-electron chi connectivity index (χ3n) is 4.48. The van der Waals surface area contributed by atoms with Crippen molar-refractivity contribution in [1.82, 2.24) is 14.9 Å². The molecular formula is C18H22FN3O2. The molecule has 0 saturated carbocycles. The number of hydrogen-bond acceptors (Lipinski definition) is 4. The number of H-pyrrole nitrogens is 1. The Kier molecular flexibility index (Phi) is 5.59. The van der Waals surface area contributed by atoms with Gasteiger partial charge in [-0.2, -0.15) is 0 Å². The summed E-state index contributed by atoms with van der Waals surface area (Å²) in [5.41, 5.74) is 0.455. The van der Waals surface area contributed by atoms with Gasteiger partial charge in [0.15, 0.2) is 11.6 Å². The van der Waals surface area contributed by atoms with Crippen molar-refractivity contribution in [3.8, 4) is 5.75 Å². The molecule has 0 aliphatic carbocycles. The molecule has 1 aliphatic rings. The van der Waals surface area contributed by atoms with Gasteiger partial charge < -0.3 is 9.72 Å². The highest BCUT2D eigenvalue weighted by Gasteiger charge is 2.20. The minimum atomic E-state index is -0.312. The first kappa shape index (κ1) is 16.6. The summed E-state index contributed by atoms with van der Waals surface area (Å²) in [5, 5.41) is 0. The zero-order valence-electron chi connectivity index (χ0n) is 13.6. The normalized spacial score (nSPS) is 16.2. The smallest absolute Gasteiger partial charge is 0.270 e. The Morgan fingerprint density at radius 1 is 1.29 bits per heavy atom. The van der Waals surface area contributed by atoms with Crippen LogP contribution in [0.1, 0.15) is 25.0 Å². The largest absolute Gasteiger partial charge is 0.491 e. The lowest BCUT2D eigenvalue weighted by molar-refractivity contribution is 0.155. The van der Waals surface area contributed by atoms with Crippen molar-refractivity contribution in [3.63, 3.8) is 0 Å². The van der Waals surface area contributed by atoms with E-state index in [0.29, 0.717) is 30.5 Å². The summed E-state index contributed by atoms with van der Waals surface area (Å²) in [4.78, 5) is 20.7. The number of hydrogen-bond donors (Lipinski definition) is 1. The van der Waals surface area contributed by atoms with E-state index in [9.17, 15) is 9.18 Å². The summed E-state index contributed by atoms with van der Waals surface area (Å²) >= 11 is 0. The van der Waals surface area contributed by atoms with Gasteiger partial charge >= 0.3 is 0 Å². The molecule has 2 heterocycles. The van der Waals surface area contributed by atoms with Crippen LogP contribution < -0.4 is 10.3 Å². The van der Waals surface area contributed by atoms with Crippen LogP contribution in [-0.2, 0) is 6.54 Å². The predicted octanol–water partition coefficient (Wildman–Crippen LogP) is 2.59. The summed E-state index contributed by atoms with van der Waals surface area (Å²) in [6, 6.07) is 6.50. The van der Waals surface area contributed by atoms with E-state index in [0.717, 1.165) is 32.4 Å². The lowest BCUT2D eigenvalue weighted by Crippen LogP contribution is -2.35. The average Bonchev–Trinajstić information content (AvgIpc) is 2.60. The Bertz CT molecular complexity index is 711. The summed E-state index contributed by atoms with van der Waals surface area (Å²) in [6.45, 7) is 3.01. The molecule has 0 atom stereocenters. The highest BCUT2D eigenvalue weighted by Crippen LogP contribution is 2.22. The van der Waals surface area contributed by atoms with Gasteiger partial charge in [-0.05, 0) is 50.4 Å². The van der Waals surface area contributed by atoms with E-state index in [4.69, 9.17) is 4.74 Å². The fourth-order valence-electron chi connectivity index (χ4n) is 3.04. The van der Waals surface area contributed by atoms with Crippen LogP contribution in [-0.4, -0.2) is 34.6 Å². The maximum Gasteiger partial charge on any atom is 0.270 e. The monoisotopic (exact) mass is 331 g/mol. The van der Waals surface area contributed by atoms with Crippen molar-refractivity contribution in [2.24, 2.45) is 5.92 Å². The maximum absolute atomic E-state index is 13.5. The van der Waals surface area contributed by atoms with Gasteiger partial charge in [0.25, 0.3) is 5.56 Å². The second kappa shape index (κ2) is 8.06. The van der Waals surface area contributed by atoms with Gasteiger partial charge in [-0.15, -0.1) is 0 Å². The summed E-state index contributed by atoms with van der Waals surface area (Å²) in [5.74, 6) is 0.590.